The van der Waals surface area contributed by atoms with E-state index in [1.165, 1.54) is 6.20 Å². The van der Waals surface area contributed by atoms with E-state index in [2.05, 4.69) is 10.3 Å². The minimum atomic E-state index is -0.155. The first-order chi connectivity index (χ1) is 16.1. The van der Waals surface area contributed by atoms with Crippen LogP contribution in [0.4, 0.5) is 5.82 Å². The molecular weight excluding hydrogens is 420 g/mol. The smallest absolute Gasteiger partial charge is 0.255 e. The van der Waals surface area contributed by atoms with Crippen LogP contribution in [0.1, 0.15) is 52.8 Å². The van der Waals surface area contributed by atoms with Crippen LogP contribution in [-0.2, 0) is 4.74 Å². The van der Waals surface area contributed by atoms with Crippen LogP contribution in [0.2, 0.25) is 0 Å². The predicted molar refractivity (Wildman–Crippen MR) is 125 cm³/mol. The molecule has 2 aliphatic heterocycles. The third-order valence-corrected chi connectivity index (χ3v) is 6.59. The number of nitrogens with two attached hydrogens (primary N) is 1. The van der Waals surface area contributed by atoms with Crippen molar-refractivity contribution in [3.05, 3.63) is 53.7 Å². The second-order valence-electron chi connectivity index (χ2n) is 8.87. The molecular formula is C25H32N4O4. The number of likely N-dealkylation sites (tertiary alicyclic amines) is 1. The molecule has 2 aliphatic rings. The summed E-state index contributed by atoms with van der Waals surface area (Å²) in [6.45, 7) is 3.49. The first-order valence-corrected chi connectivity index (χ1v) is 11.6. The lowest BCUT2D eigenvalue weighted by atomic mass is 9.75. The van der Waals surface area contributed by atoms with Gasteiger partial charge in [0, 0.05) is 37.9 Å². The predicted octanol–water partition coefficient (Wildman–Crippen LogP) is 2.90. The average molecular weight is 453 g/mol. The van der Waals surface area contributed by atoms with Gasteiger partial charge in [-0.15, -0.1) is 0 Å². The topological polar surface area (TPSA) is 107 Å². The van der Waals surface area contributed by atoms with E-state index in [1.807, 2.05) is 23.1 Å². The lowest BCUT2D eigenvalue weighted by Crippen LogP contribution is -2.45. The molecule has 3 heterocycles. The maximum atomic E-state index is 12.9. The van der Waals surface area contributed by atoms with E-state index in [-0.39, 0.29) is 17.2 Å². The molecule has 1 saturated heterocycles. The number of carbonyl (C=O) groups excluding carboxylic acids is 2. The van der Waals surface area contributed by atoms with Gasteiger partial charge in [0.25, 0.3) is 11.8 Å². The van der Waals surface area contributed by atoms with Gasteiger partial charge in [0.05, 0.1) is 24.3 Å². The van der Waals surface area contributed by atoms with Gasteiger partial charge in [-0.3, -0.25) is 9.59 Å². The van der Waals surface area contributed by atoms with Gasteiger partial charge in [-0.05, 0) is 49.9 Å². The van der Waals surface area contributed by atoms with E-state index in [1.54, 1.807) is 18.2 Å². The van der Waals surface area contributed by atoms with Crippen molar-refractivity contribution in [1.82, 2.24) is 15.2 Å². The van der Waals surface area contributed by atoms with Gasteiger partial charge in [-0.1, -0.05) is 18.6 Å². The molecule has 33 heavy (non-hydrogen) atoms. The van der Waals surface area contributed by atoms with Crippen molar-refractivity contribution in [2.24, 2.45) is 5.41 Å². The summed E-state index contributed by atoms with van der Waals surface area (Å²) in [5, 5.41) is 2.90. The molecule has 2 amide bonds. The third-order valence-electron chi connectivity index (χ3n) is 6.59. The van der Waals surface area contributed by atoms with Crippen molar-refractivity contribution in [3.8, 4) is 5.75 Å². The minimum absolute atomic E-state index is 0.0189. The second kappa shape index (κ2) is 10.7. The Kier molecular flexibility index (Phi) is 7.44. The number of piperidine rings is 1. The molecule has 4 rings (SSSR count). The van der Waals surface area contributed by atoms with E-state index >= 15 is 0 Å². The van der Waals surface area contributed by atoms with Crippen LogP contribution in [0.25, 0.3) is 0 Å². The largest absolute Gasteiger partial charge is 0.492 e. The molecule has 8 nitrogen and oxygen atoms in total. The summed E-state index contributed by atoms with van der Waals surface area (Å²) in [5.41, 5.74) is 6.69. The Morgan fingerprint density at radius 1 is 1.06 bits per heavy atom. The maximum Gasteiger partial charge on any atom is 0.255 e. The van der Waals surface area contributed by atoms with E-state index in [4.69, 9.17) is 15.2 Å². The molecule has 1 aromatic heterocycles. The van der Waals surface area contributed by atoms with Crippen LogP contribution < -0.4 is 15.8 Å². The number of aromatic nitrogens is 1. The molecule has 1 spiro atoms. The van der Waals surface area contributed by atoms with Gasteiger partial charge in [-0.25, -0.2) is 4.98 Å². The van der Waals surface area contributed by atoms with Gasteiger partial charge in [-0.2, -0.15) is 0 Å². The number of para-hydroxylation sites is 1. The fraction of sp³-hybridized carbons (Fsp3) is 0.480. The van der Waals surface area contributed by atoms with Crippen LogP contribution in [0.3, 0.4) is 0 Å². The number of ether oxygens (including phenoxy) is 2. The number of hydrogen-bond acceptors (Lipinski definition) is 6. The van der Waals surface area contributed by atoms with Gasteiger partial charge < -0.3 is 25.4 Å². The minimum Gasteiger partial charge on any atom is -0.492 e. The number of amides is 2. The molecule has 176 valence electrons. The highest BCUT2D eigenvalue weighted by Gasteiger charge is 2.37. The van der Waals surface area contributed by atoms with Gasteiger partial charge in [0.2, 0.25) is 0 Å². The van der Waals surface area contributed by atoms with Crippen molar-refractivity contribution < 1.29 is 19.1 Å². The number of benzene rings is 1. The molecule has 8 heteroatoms. The Morgan fingerprint density at radius 2 is 1.88 bits per heavy atom. The zero-order valence-corrected chi connectivity index (χ0v) is 18.9. The highest BCUT2D eigenvalue weighted by molar-refractivity contribution is 5.97. The molecule has 0 saturated carbocycles. The number of anilines is 1. The van der Waals surface area contributed by atoms with Crippen LogP contribution in [0, 0.1) is 5.41 Å². The summed E-state index contributed by atoms with van der Waals surface area (Å²) in [6.07, 6.45) is 6.22. The third kappa shape index (κ3) is 5.82. The summed E-state index contributed by atoms with van der Waals surface area (Å²) in [4.78, 5) is 31.5. The van der Waals surface area contributed by atoms with E-state index in [0.717, 1.165) is 32.1 Å². The zero-order valence-electron chi connectivity index (χ0n) is 18.9. The number of pyridine rings is 1. The number of nitrogen functional groups attached to an aromatic ring is 1. The maximum absolute atomic E-state index is 12.9. The first kappa shape index (κ1) is 23.0. The lowest BCUT2D eigenvalue weighted by Gasteiger charge is -2.42. The van der Waals surface area contributed by atoms with Crippen LogP contribution in [-0.4, -0.2) is 61.2 Å². The number of carbonyl (C=O) groups is 2. The van der Waals surface area contributed by atoms with E-state index < -0.39 is 0 Å². The molecule has 0 unspecified atom stereocenters. The number of nitrogens with one attached hydrogen (secondary N) is 1. The van der Waals surface area contributed by atoms with Gasteiger partial charge in [0.15, 0.2) is 0 Å². The Bertz CT molecular complexity index is 955. The molecule has 3 N–H and O–H groups in total. The Hall–Kier alpha value is -3.13. The molecule has 0 bridgehead atoms. The summed E-state index contributed by atoms with van der Waals surface area (Å²) < 4.78 is 12.0. The molecule has 1 fully saturated rings. The Morgan fingerprint density at radius 3 is 2.67 bits per heavy atom. The quantitative estimate of drug-likeness (QED) is 0.689. The summed E-state index contributed by atoms with van der Waals surface area (Å²) in [7, 11) is 0. The fourth-order valence-corrected chi connectivity index (χ4v) is 4.51. The summed E-state index contributed by atoms with van der Waals surface area (Å²) >= 11 is 0. The van der Waals surface area contributed by atoms with E-state index in [9.17, 15) is 9.59 Å². The normalized spacial score (nSPS) is 19.6. The molecule has 0 atom stereocenters. The van der Waals surface area contributed by atoms with Crippen molar-refractivity contribution in [1.29, 1.82) is 0 Å². The number of rotatable bonds is 1. The molecule has 1 aromatic carbocycles. The Balaban J connectivity index is 1.46. The van der Waals surface area contributed by atoms with Crippen LogP contribution in [0.15, 0.2) is 42.6 Å². The first-order valence-electron chi connectivity index (χ1n) is 11.6. The number of fused-ring (bicyclic) bond motifs is 1. The van der Waals surface area contributed by atoms with Crippen LogP contribution in [0.5, 0.6) is 5.75 Å². The Labute approximate surface area is 194 Å². The van der Waals surface area contributed by atoms with E-state index in [0.29, 0.717) is 62.1 Å². The molecule has 0 radical (unpaired) electrons. The number of nitrogens with zero attached hydrogens (tertiary/aromatic N) is 2. The molecule has 0 aliphatic carbocycles. The fourth-order valence-electron chi connectivity index (χ4n) is 4.51. The van der Waals surface area contributed by atoms with Crippen molar-refractivity contribution in [2.45, 2.75) is 32.1 Å². The second-order valence-corrected chi connectivity index (χ2v) is 8.87. The van der Waals surface area contributed by atoms with Crippen molar-refractivity contribution >= 4 is 17.6 Å². The van der Waals surface area contributed by atoms with Crippen molar-refractivity contribution in [2.75, 3.05) is 45.2 Å². The lowest BCUT2D eigenvalue weighted by molar-refractivity contribution is 0.0340. The number of hydrogen-bond donors (Lipinski definition) is 2. The SMILES string of the molecule is Nc1ccc(C(=O)N2CCC3(CCCCOCCNC(=O)c4ccccc4OC3)CC2)cn1. The standard InChI is InChI=1S/C25H32N4O4/c26-22-8-7-19(17-28-22)24(31)29-13-10-25(11-14-29)9-3-4-15-32-16-12-27-23(30)20-5-1-2-6-21(20)33-18-25/h1-2,5-8,17H,3-4,9-16,18H2,(H2,26,28)(H,27,30). The van der Waals surface area contributed by atoms with Crippen LogP contribution >= 0.6 is 0 Å². The summed E-state index contributed by atoms with van der Waals surface area (Å²) in [5.74, 6) is 0.824. The van der Waals surface area contributed by atoms with Crippen molar-refractivity contribution in [3.63, 3.8) is 0 Å². The zero-order chi connectivity index (χ0) is 23.1. The van der Waals surface area contributed by atoms with Gasteiger partial charge in [0.1, 0.15) is 11.6 Å². The van der Waals surface area contributed by atoms with Gasteiger partial charge >= 0.3 is 0 Å². The highest BCUT2D eigenvalue weighted by Crippen LogP contribution is 2.38. The monoisotopic (exact) mass is 452 g/mol. The molecule has 2 aromatic rings. The average Bonchev–Trinajstić information content (AvgIpc) is 2.84. The summed E-state index contributed by atoms with van der Waals surface area (Å²) in [6, 6.07) is 10.7. The highest BCUT2D eigenvalue weighted by atomic mass is 16.5.